The molecule has 0 fully saturated rings. The van der Waals surface area contributed by atoms with Crippen LogP contribution in [0.25, 0.3) is 33.0 Å². The van der Waals surface area contributed by atoms with Gasteiger partial charge in [0.05, 0.1) is 23.9 Å². The quantitative estimate of drug-likeness (QED) is 0.273. The van der Waals surface area contributed by atoms with Gasteiger partial charge in [0.25, 0.3) is 11.8 Å². The summed E-state index contributed by atoms with van der Waals surface area (Å²) >= 11 is 0. The molecule has 2 aromatic carbocycles. The highest BCUT2D eigenvalue weighted by molar-refractivity contribution is 7.46. The number of para-hydroxylation sites is 2. The maximum Gasteiger partial charge on any atom is 0.471 e. The lowest BCUT2D eigenvalue weighted by Gasteiger charge is -2.22. The van der Waals surface area contributed by atoms with Crippen LogP contribution in [0.2, 0.25) is 0 Å². The van der Waals surface area contributed by atoms with Crippen LogP contribution in [0.1, 0.15) is 17.5 Å². The Morgan fingerprint density at radius 2 is 1.44 bits per heavy atom. The molecule has 11 nitrogen and oxygen atoms in total. The van der Waals surface area contributed by atoms with Crippen molar-refractivity contribution in [1.29, 1.82) is 0 Å². The normalized spacial score (nSPS) is 18.6. The Hall–Kier alpha value is -3.57. The standard InChI is InChI=1S/C29H31N4O7P/c1-30(2)15-19-11-12-31-16-22(20-7-3-5-9-24(20)31)26-27(29(35)33(28(26)34)18-40-41(36,37)38)23-17-32(13-14-39-19)25-10-6-4-8-21(23)25/h3-10,16-17,19H,11-15,18H2,1-2H3,(H2,36,37,38)/t19-/m0/s1. The number of aromatic nitrogens is 2. The van der Waals surface area contributed by atoms with Gasteiger partial charge in [-0.2, -0.15) is 0 Å². The molecule has 41 heavy (non-hydrogen) atoms. The molecular formula is C29H31N4O7P. The Balaban J connectivity index is 1.59. The molecule has 2 N–H and O–H groups in total. The monoisotopic (exact) mass is 578 g/mol. The van der Waals surface area contributed by atoms with Crippen molar-refractivity contribution in [3.8, 4) is 0 Å². The molecule has 2 amide bonds. The second-order valence-corrected chi connectivity index (χ2v) is 11.8. The molecule has 0 aliphatic carbocycles. The maximum atomic E-state index is 14.0. The number of hydrogen-bond donors (Lipinski definition) is 2. The first-order chi connectivity index (χ1) is 19.6. The van der Waals surface area contributed by atoms with Crippen molar-refractivity contribution in [3.05, 3.63) is 72.1 Å². The average Bonchev–Trinajstić information content (AvgIpc) is 3.54. The first kappa shape index (κ1) is 27.6. The number of imide groups is 1. The first-order valence-electron chi connectivity index (χ1n) is 13.4. The Morgan fingerprint density at radius 1 is 0.902 bits per heavy atom. The van der Waals surface area contributed by atoms with Crippen molar-refractivity contribution in [2.45, 2.75) is 25.6 Å². The second-order valence-electron chi connectivity index (χ2n) is 10.6. The minimum atomic E-state index is -4.94. The molecular weight excluding hydrogens is 547 g/mol. The van der Waals surface area contributed by atoms with Crippen molar-refractivity contribution in [1.82, 2.24) is 18.9 Å². The number of carbonyl (C=O) groups is 2. The number of nitrogens with zero attached hydrogens (tertiary/aromatic N) is 4. The van der Waals surface area contributed by atoms with Gasteiger partial charge in [-0.1, -0.05) is 36.4 Å². The molecule has 4 bridgehead atoms. The summed E-state index contributed by atoms with van der Waals surface area (Å²) in [5, 5.41) is 1.57. The smallest absolute Gasteiger partial charge is 0.375 e. The zero-order valence-electron chi connectivity index (χ0n) is 22.8. The highest BCUT2D eigenvalue weighted by Gasteiger charge is 2.42. The number of amides is 2. The maximum absolute atomic E-state index is 14.0. The summed E-state index contributed by atoms with van der Waals surface area (Å²) in [6.07, 6.45) is 4.45. The van der Waals surface area contributed by atoms with E-state index in [4.69, 9.17) is 4.74 Å². The molecule has 2 aromatic heterocycles. The Kier molecular flexibility index (Phi) is 7.19. The van der Waals surface area contributed by atoms with Crippen LogP contribution in [0.15, 0.2) is 60.9 Å². The zero-order chi connectivity index (χ0) is 28.9. The summed E-state index contributed by atoms with van der Waals surface area (Å²) in [6.45, 7) is 1.50. The predicted molar refractivity (Wildman–Crippen MR) is 153 cm³/mol. The number of rotatable bonds is 5. The van der Waals surface area contributed by atoms with Gasteiger partial charge in [-0.3, -0.25) is 14.1 Å². The van der Waals surface area contributed by atoms with Crippen LogP contribution in [0.3, 0.4) is 0 Å². The van der Waals surface area contributed by atoms with Gasteiger partial charge < -0.3 is 28.6 Å². The molecule has 4 heterocycles. The molecule has 0 saturated carbocycles. The van der Waals surface area contributed by atoms with E-state index in [2.05, 4.69) is 14.0 Å². The number of aryl methyl sites for hydroxylation is 1. The van der Waals surface area contributed by atoms with Crippen molar-refractivity contribution >= 4 is 52.6 Å². The minimum absolute atomic E-state index is 0.0244. The minimum Gasteiger partial charge on any atom is -0.375 e. The third-order valence-corrected chi connectivity index (χ3v) is 8.04. The van der Waals surface area contributed by atoms with Crippen LogP contribution in [-0.4, -0.2) is 80.6 Å². The van der Waals surface area contributed by atoms with Crippen molar-refractivity contribution in [2.24, 2.45) is 0 Å². The second kappa shape index (κ2) is 10.7. The number of fused-ring (bicyclic) bond motifs is 12. The Morgan fingerprint density at radius 3 is 1.98 bits per heavy atom. The van der Waals surface area contributed by atoms with Crippen LogP contribution in [-0.2, 0) is 36.5 Å². The summed E-state index contributed by atoms with van der Waals surface area (Å²) < 4.78 is 26.6. The number of ether oxygens (including phenoxy) is 1. The molecule has 12 heteroatoms. The number of carbonyl (C=O) groups excluding carboxylic acids is 2. The largest absolute Gasteiger partial charge is 0.471 e. The average molecular weight is 579 g/mol. The van der Waals surface area contributed by atoms with E-state index in [1.54, 1.807) is 0 Å². The van der Waals surface area contributed by atoms with E-state index in [9.17, 15) is 23.9 Å². The van der Waals surface area contributed by atoms with Gasteiger partial charge in [-0.05, 0) is 32.6 Å². The van der Waals surface area contributed by atoms with E-state index >= 15 is 0 Å². The van der Waals surface area contributed by atoms with Gasteiger partial charge in [-0.15, -0.1) is 0 Å². The van der Waals surface area contributed by atoms with E-state index in [1.165, 1.54) is 0 Å². The van der Waals surface area contributed by atoms with Crippen LogP contribution >= 0.6 is 7.82 Å². The lowest BCUT2D eigenvalue weighted by atomic mass is 9.95. The molecule has 6 rings (SSSR count). The third-order valence-electron chi connectivity index (χ3n) is 7.59. The molecule has 0 unspecified atom stereocenters. The van der Waals surface area contributed by atoms with Crippen molar-refractivity contribution in [2.75, 3.05) is 34.0 Å². The van der Waals surface area contributed by atoms with Gasteiger partial charge in [0.15, 0.2) is 0 Å². The molecule has 2 aliphatic rings. The molecule has 4 aromatic rings. The highest BCUT2D eigenvalue weighted by atomic mass is 31.2. The van der Waals surface area contributed by atoms with E-state index in [0.29, 0.717) is 30.8 Å². The van der Waals surface area contributed by atoms with Gasteiger partial charge >= 0.3 is 7.82 Å². The third kappa shape index (κ3) is 5.17. The van der Waals surface area contributed by atoms with Crippen LogP contribution in [0.4, 0.5) is 0 Å². The number of hydrogen-bond acceptors (Lipinski definition) is 6. The molecule has 0 radical (unpaired) electrons. The summed E-state index contributed by atoms with van der Waals surface area (Å²) in [4.78, 5) is 49.4. The van der Waals surface area contributed by atoms with Gasteiger partial charge in [0.1, 0.15) is 6.73 Å². The van der Waals surface area contributed by atoms with Gasteiger partial charge in [0, 0.05) is 65.0 Å². The summed E-state index contributed by atoms with van der Waals surface area (Å²) in [7, 11) is -0.910. The Bertz CT molecular complexity index is 1750. The predicted octanol–water partition coefficient (Wildman–Crippen LogP) is 3.29. The van der Waals surface area contributed by atoms with Gasteiger partial charge in [-0.25, -0.2) is 9.46 Å². The SMILES string of the molecule is CN(C)C[C@@H]1CCn2cc(c3ccccc32)C2=C(C(=O)N(COP(=O)(O)O)C2=O)c2cn(c3ccccc23)CCO1. The van der Waals surface area contributed by atoms with Gasteiger partial charge in [0.2, 0.25) is 0 Å². The lowest BCUT2D eigenvalue weighted by molar-refractivity contribution is -0.139. The molecule has 1 atom stereocenters. The fourth-order valence-corrected chi connectivity index (χ4v) is 6.09. The first-order valence-corrected chi connectivity index (χ1v) is 14.9. The van der Waals surface area contributed by atoms with Crippen molar-refractivity contribution < 1.29 is 33.2 Å². The number of phosphoric acid groups is 1. The van der Waals surface area contributed by atoms with E-state index < -0.39 is 26.4 Å². The number of phosphoric ester groups is 1. The fraction of sp³-hybridized carbons (Fsp3) is 0.310. The Labute approximate surface area is 236 Å². The van der Waals surface area contributed by atoms with E-state index in [0.717, 1.165) is 39.7 Å². The zero-order valence-corrected chi connectivity index (χ0v) is 23.7. The molecule has 0 saturated heterocycles. The summed E-state index contributed by atoms with van der Waals surface area (Å²) in [6, 6.07) is 15.3. The molecule has 0 spiro atoms. The van der Waals surface area contributed by atoms with Crippen LogP contribution in [0.5, 0.6) is 0 Å². The topological polar surface area (TPSA) is 126 Å². The van der Waals surface area contributed by atoms with E-state index in [-0.39, 0.29) is 17.3 Å². The van der Waals surface area contributed by atoms with E-state index in [1.807, 2.05) is 79.6 Å². The molecule has 2 aliphatic heterocycles. The summed E-state index contributed by atoms with van der Waals surface area (Å²) in [5.74, 6) is -1.34. The van der Waals surface area contributed by atoms with Crippen LogP contribution in [0, 0.1) is 0 Å². The fourth-order valence-electron chi connectivity index (χ4n) is 5.82. The van der Waals surface area contributed by atoms with Crippen LogP contribution < -0.4 is 0 Å². The lowest BCUT2D eigenvalue weighted by Crippen LogP contribution is -2.33. The number of benzene rings is 2. The number of likely N-dealkylation sites (N-methyl/N-ethyl adjacent to an activating group) is 1. The molecule has 214 valence electrons. The van der Waals surface area contributed by atoms with Crippen molar-refractivity contribution in [3.63, 3.8) is 0 Å². The highest BCUT2D eigenvalue weighted by Crippen LogP contribution is 2.43. The summed E-state index contributed by atoms with van der Waals surface area (Å²) in [5.41, 5.74) is 3.27.